The fourth-order valence-corrected chi connectivity index (χ4v) is 3.41. The predicted molar refractivity (Wildman–Crippen MR) is 128 cm³/mol. The van der Waals surface area contributed by atoms with Gasteiger partial charge in [-0.1, -0.05) is 36.4 Å². The van der Waals surface area contributed by atoms with E-state index in [2.05, 4.69) is 10.7 Å². The van der Waals surface area contributed by atoms with Crippen molar-refractivity contribution < 1.29 is 24.0 Å². The minimum Gasteiger partial charge on any atom is -0.483 e. The fourth-order valence-electron chi connectivity index (χ4n) is 3.41. The number of anilines is 2. The van der Waals surface area contributed by atoms with Crippen LogP contribution in [-0.4, -0.2) is 29.3 Å². The number of hydrogen-bond donors (Lipinski definition) is 2. The van der Waals surface area contributed by atoms with Gasteiger partial charge in [0.2, 0.25) is 0 Å². The molecule has 0 saturated carbocycles. The summed E-state index contributed by atoms with van der Waals surface area (Å²) in [6.45, 7) is 1.46. The summed E-state index contributed by atoms with van der Waals surface area (Å²) in [6, 6.07) is 19.4. The van der Waals surface area contributed by atoms with Gasteiger partial charge in [0.1, 0.15) is 11.3 Å². The van der Waals surface area contributed by atoms with E-state index >= 15 is 0 Å². The summed E-state index contributed by atoms with van der Waals surface area (Å²) in [4.78, 5) is 48.5. The molecule has 0 aliphatic carbocycles. The molecule has 0 unspecified atom stereocenters. The molecule has 2 N–H and O–H groups in total. The van der Waals surface area contributed by atoms with Crippen LogP contribution in [0.15, 0.2) is 78.4 Å². The van der Waals surface area contributed by atoms with Gasteiger partial charge in [-0.3, -0.25) is 29.9 Å². The van der Waals surface area contributed by atoms with Gasteiger partial charge in [-0.15, -0.1) is 0 Å². The van der Waals surface area contributed by atoms with E-state index in [9.17, 15) is 24.5 Å². The normalized spacial score (nSPS) is 14.1. The Morgan fingerprint density at radius 1 is 1.09 bits per heavy atom. The number of nitrogens with zero attached hydrogens (tertiary/aromatic N) is 2. The van der Waals surface area contributed by atoms with Gasteiger partial charge >= 0.3 is 0 Å². The molecule has 10 nitrogen and oxygen atoms in total. The number of hydrogen-bond acceptors (Lipinski definition) is 6. The Bertz CT molecular complexity index is 1350. The number of non-ortho nitro benzene ring substituents is 1. The Balaban J connectivity index is 1.58. The van der Waals surface area contributed by atoms with E-state index in [-0.39, 0.29) is 22.6 Å². The third-order valence-corrected chi connectivity index (χ3v) is 5.19. The highest BCUT2D eigenvalue weighted by Crippen LogP contribution is 2.29. The first-order valence-corrected chi connectivity index (χ1v) is 10.5. The van der Waals surface area contributed by atoms with Crippen LogP contribution in [0.5, 0.6) is 5.75 Å². The summed E-state index contributed by atoms with van der Waals surface area (Å²) in [5, 5.41) is 15.1. The van der Waals surface area contributed by atoms with Gasteiger partial charge in [0.05, 0.1) is 10.6 Å². The van der Waals surface area contributed by atoms with Gasteiger partial charge in [-0.2, -0.15) is 0 Å². The number of para-hydroxylation sites is 2. The van der Waals surface area contributed by atoms with Gasteiger partial charge < -0.3 is 10.1 Å². The van der Waals surface area contributed by atoms with Crippen LogP contribution in [0, 0.1) is 17.0 Å². The molecule has 176 valence electrons. The first kappa shape index (κ1) is 23.2. The number of nitro benzene ring substituents is 1. The van der Waals surface area contributed by atoms with E-state index in [1.54, 1.807) is 42.5 Å². The number of carbonyl (C=O) groups is 3. The predicted octanol–water partition coefficient (Wildman–Crippen LogP) is 3.38. The molecular formula is C25H20N4O6. The van der Waals surface area contributed by atoms with Crippen LogP contribution >= 0.6 is 0 Å². The number of aryl methyl sites for hydroxylation is 1. The van der Waals surface area contributed by atoms with E-state index < -0.39 is 29.3 Å². The Labute approximate surface area is 199 Å². The van der Waals surface area contributed by atoms with Crippen molar-refractivity contribution in [2.24, 2.45) is 0 Å². The first-order chi connectivity index (χ1) is 16.8. The van der Waals surface area contributed by atoms with Crippen LogP contribution in [-0.2, 0) is 14.4 Å². The monoisotopic (exact) mass is 472 g/mol. The second kappa shape index (κ2) is 9.87. The van der Waals surface area contributed by atoms with Crippen LogP contribution in [0.25, 0.3) is 6.08 Å². The van der Waals surface area contributed by atoms with Crippen molar-refractivity contribution in [3.05, 3.63) is 99.6 Å². The van der Waals surface area contributed by atoms with E-state index in [0.29, 0.717) is 11.4 Å². The lowest BCUT2D eigenvalue weighted by Gasteiger charge is -2.14. The van der Waals surface area contributed by atoms with Crippen LogP contribution in [0.2, 0.25) is 0 Å². The van der Waals surface area contributed by atoms with Crippen LogP contribution in [0.1, 0.15) is 11.1 Å². The standard InChI is InChI=1S/C25H20N4O6/c1-16-7-5-6-10-21(16)26-23(30)15-35-22-12-11-19(29(33)34)13-17(22)14-20-24(31)27-28(25(20)32)18-8-3-2-4-9-18/h2-14H,15H2,1H3,(H,26,30)(H,27,31)/b20-14-. The number of ether oxygens (including phenoxy) is 1. The van der Waals surface area contributed by atoms with Gasteiger partial charge in [0, 0.05) is 23.4 Å². The lowest BCUT2D eigenvalue weighted by molar-refractivity contribution is -0.384. The molecule has 3 aromatic rings. The molecule has 1 aliphatic heterocycles. The zero-order valence-electron chi connectivity index (χ0n) is 18.6. The maximum absolute atomic E-state index is 12.9. The maximum Gasteiger partial charge on any atom is 0.282 e. The molecule has 0 radical (unpaired) electrons. The number of nitro groups is 1. The van der Waals surface area contributed by atoms with Crippen molar-refractivity contribution in [2.45, 2.75) is 6.92 Å². The van der Waals surface area contributed by atoms with E-state index in [0.717, 1.165) is 10.6 Å². The first-order valence-electron chi connectivity index (χ1n) is 10.5. The SMILES string of the molecule is Cc1ccccc1NC(=O)COc1ccc([N+](=O)[O-])cc1/C=C1/C(=O)NN(c2ccccc2)C1=O. The molecule has 0 bridgehead atoms. The maximum atomic E-state index is 12.9. The molecule has 0 spiro atoms. The van der Waals surface area contributed by atoms with E-state index in [1.165, 1.54) is 24.3 Å². The van der Waals surface area contributed by atoms with Crippen LogP contribution < -0.4 is 20.5 Å². The molecule has 1 aliphatic rings. The van der Waals surface area contributed by atoms with Crippen molar-refractivity contribution in [2.75, 3.05) is 16.9 Å². The average molecular weight is 472 g/mol. The van der Waals surface area contributed by atoms with E-state index in [4.69, 9.17) is 4.74 Å². The minimum atomic E-state index is -0.673. The number of rotatable bonds is 7. The lowest BCUT2D eigenvalue weighted by Crippen LogP contribution is -2.35. The highest BCUT2D eigenvalue weighted by Gasteiger charge is 2.34. The van der Waals surface area contributed by atoms with Gasteiger partial charge in [0.15, 0.2) is 6.61 Å². The summed E-state index contributed by atoms with van der Waals surface area (Å²) < 4.78 is 5.60. The Hall–Kier alpha value is -4.99. The second-order valence-electron chi connectivity index (χ2n) is 7.61. The summed E-state index contributed by atoms with van der Waals surface area (Å²) in [5.74, 6) is -1.65. The van der Waals surface area contributed by atoms with Crippen molar-refractivity contribution in [1.29, 1.82) is 0 Å². The smallest absolute Gasteiger partial charge is 0.282 e. The summed E-state index contributed by atoms with van der Waals surface area (Å²) in [5.41, 5.74) is 4.03. The van der Waals surface area contributed by atoms with Gasteiger partial charge in [0.25, 0.3) is 23.4 Å². The number of benzene rings is 3. The molecule has 1 fully saturated rings. The van der Waals surface area contributed by atoms with Crippen molar-refractivity contribution in [1.82, 2.24) is 5.43 Å². The average Bonchev–Trinajstić information content (AvgIpc) is 3.13. The van der Waals surface area contributed by atoms with Crippen LogP contribution in [0.3, 0.4) is 0 Å². The fraction of sp³-hybridized carbons (Fsp3) is 0.0800. The summed E-state index contributed by atoms with van der Waals surface area (Å²) >= 11 is 0. The highest BCUT2D eigenvalue weighted by atomic mass is 16.6. The third kappa shape index (κ3) is 5.17. The largest absolute Gasteiger partial charge is 0.483 e. The molecule has 0 aromatic heterocycles. The topological polar surface area (TPSA) is 131 Å². The molecule has 4 rings (SSSR count). The molecule has 3 amide bonds. The second-order valence-corrected chi connectivity index (χ2v) is 7.61. The summed E-state index contributed by atoms with van der Waals surface area (Å²) in [7, 11) is 0. The number of carbonyl (C=O) groups excluding carboxylic acids is 3. The molecule has 1 saturated heterocycles. The third-order valence-electron chi connectivity index (χ3n) is 5.19. The zero-order chi connectivity index (χ0) is 24.9. The van der Waals surface area contributed by atoms with E-state index in [1.807, 2.05) is 19.1 Å². The van der Waals surface area contributed by atoms with Gasteiger partial charge in [-0.05, 0) is 42.8 Å². The molecule has 35 heavy (non-hydrogen) atoms. The quantitative estimate of drug-likeness (QED) is 0.235. The Kier molecular flexibility index (Phi) is 6.54. The molecule has 0 atom stereocenters. The number of amides is 3. The Morgan fingerprint density at radius 3 is 2.51 bits per heavy atom. The summed E-state index contributed by atoms with van der Waals surface area (Å²) in [6.07, 6.45) is 1.21. The van der Waals surface area contributed by atoms with Crippen molar-refractivity contribution >= 4 is 40.9 Å². The van der Waals surface area contributed by atoms with Gasteiger partial charge in [-0.25, -0.2) is 5.01 Å². The lowest BCUT2D eigenvalue weighted by atomic mass is 10.1. The minimum absolute atomic E-state index is 0.0989. The molecular weight excluding hydrogens is 452 g/mol. The molecule has 3 aromatic carbocycles. The highest BCUT2D eigenvalue weighted by molar-refractivity contribution is 6.31. The number of nitrogens with one attached hydrogen (secondary N) is 2. The zero-order valence-corrected chi connectivity index (χ0v) is 18.6. The number of hydrazine groups is 1. The Morgan fingerprint density at radius 2 is 1.80 bits per heavy atom. The molecule has 10 heteroatoms. The van der Waals surface area contributed by atoms with Crippen molar-refractivity contribution in [3.8, 4) is 5.75 Å². The van der Waals surface area contributed by atoms with Crippen molar-refractivity contribution in [3.63, 3.8) is 0 Å². The molecule has 1 heterocycles. The van der Waals surface area contributed by atoms with Crippen LogP contribution in [0.4, 0.5) is 17.1 Å².